The highest BCUT2D eigenvalue weighted by molar-refractivity contribution is 5.48. The molecule has 2 rings (SSSR count). The molecule has 0 unspecified atom stereocenters. The predicted molar refractivity (Wildman–Crippen MR) is 84.9 cm³/mol. The number of methoxy groups -OCH3 is 1. The van der Waals surface area contributed by atoms with Gasteiger partial charge in [0, 0.05) is 18.2 Å². The molecule has 0 saturated carbocycles. The van der Waals surface area contributed by atoms with E-state index in [2.05, 4.69) is 42.6 Å². The minimum atomic E-state index is 0.256. The van der Waals surface area contributed by atoms with Crippen LogP contribution < -0.4 is 10.1 Å². The number of ether oxygens (including phenoxy) is 1. The highest BCUT2D eigenvalue weighted by Crippen LogP contribution is 2.23. The van der Waals surface area contributed by atoms with Crippen LogP contribution in [-0.2, 0) is 0 Å². The Hall–Kier alpha value is -2.06. The van der Waals surface area contributed by atoms with Gasteiger partial charge in [-0.1, -0.05) is 60.7 Å². The molecule has 0 aliphatic rings. The van der Waals surface area contributed by atoms with Crippen molar-refractivity contribution < 1.29 is 4.74 Å². The van der Waals surface area contributed by atoms with Crippen molar-refractivity contribution in [1.29, 1.82) is 0 Å². The summed E-state index contributed by atoms with van der Waals surface area (Å²) in [5, 5.41) is 3.48. The van der Waals surface area contributed by atoms with Gasteiger partial charge in [0.25, 0.3) is 0 Å². The van der Waals surface area contributed by atoms with Crippen molar-refractivity contribution >= 4 is 6.08 Å². The maximum Gasteiger partial charge on any atom is 0.123 e. The van der Waals surface area contributed by atoms with Crippen LogP contribution in [0.1, 0.15) is 24.1 Å². The van der Waals surface area contributed by atoms with Crippen molar-refractivity contribution in [3.05, 3.63) is 71.8 Å². The van der Waals surface area contributed by atoms with Crippen molar-refractivity contribution in [3.8, 4) is 5.75 Å². The number of para-hydroxylation sites is 1. The van der Waals surface area contributed by atoms with Crippen molar-refractivity contribution in [1.82, 2.24) is 5.32 Å². The fourth-order valence-corrected chi connectivity index (χ4v) is 2.14. The van der Waals surface area contributed by atoms with Crippen LogP contribution in [-0.4, -0.2) is 13.7 Å². The summed E-state index contributed by atoms with van der Waals surface area (Å²) in [5.74, 6) is 0.930. The molecule has 0 bridgehead atoms. The quantitative estimate of drug-likeness (QED) is 0.852. The fourth-order valence-electron chi connectivity index (χ4n) is 2.14. The minimum Gasteiger partial charge on any atom is -0.496 e. The van der Waals surface area contributed by atoms with Gasteiger partial charge in [-0.15, -0.1) is 0 Å². The van der Waals surface area contributed by atoms with E-state index < -0.39 is 0 Å². The Morgan fingerprint density at radius 1 is 1.05 bits per heavy atom. The van der Waals surface area contributed by atoms with E-state index in [1.165, 1.54) is 11.1 Å². The number of benzene rings is 2. The molecule has 1 N–H and O–H groups in total. The second kappa shape index (κ2) is 7.51. The zero-order chi connectivity index (χ0) is 14.2. The monoisotopic (exact) mass is 267 g/mol. The van der Waals surface area contributed by atoms with Gasteiger partial charge in [0.05, 0.1) is 7.11 Å². The van der Waals surface area contributed by atoms with Crippen molar-refractivity contribution in [2.24, 2.45) is 0 Å². The third-order valence-electron chi connectivity index (χ3n) is 3.26. The Morgan fingerprint density at radius 2 is 1.75 bits per heavy atom. The lowest BCUT2D eigenvalue weighted by atomic mass is 10.1. The zero-order valence-corrected chi connectivity index (χ0v) is 12.0. The molecular weight excluding hydrogens is 246 g/mol. The van der Waals surface area contributed by atoms with Crippen LogP contribution in [0.5, 0.6) is 5.75 Å². The lowest BCUT2D eigenvalue weighted by Gasteiger charge is -2.16. The summed E-state index contributed by atoms with van der Waals surface area (Å²) in [5.41, 5.74) is 2.40. The molecule has 104 valence electrons. The molecule has 20 heavy (non-hydrogen) atoms. The van der Waals surface area contributed by atoms with E-state index in [0.29, 0.717) is 0 Å². The van der Waals surface area contributed by atoms with E-state index in [9.17, 15) is 0 Å². The summed E-state index contributed by atoms with van der Waals surface area (Å²) in [6.07, 6.45) is 4.27. The minimum absolute atomic E-state index is 0.256. The average molecular weight is 267 g/mol. The first-order valence-corrected chi connectivity index (χ1v) is 6.89. The maximum atomic E-state index is 5.38. The van der Waals surface area contributed by atoms with Gasteiger partial charge in [0.15, 0.2) is 0 Å². The highest BCUT2D eigenvalue weighted by atomic mass is 16.5. The summed E-state index contributed by atoms with van der Waals surface area (Å²) in [6, 6.07) is 18.7. The first-order valence-electron chi connectivity index (χ1n) is 6.89. The molecule has 1 atom stereocenters. The van der Waals surface area contributed by atoms with Gasteiger partial charge in [0.2, 0.25) is 0 Å². The van der Waals surface area contributed by atoms with Gasteiger partial charge in [-0.2, -0.15) is 0 Å². The largest absolute Gasteiger partial charge is 0.496 e. The van der Waals surface area contributed by atoms with Gasteiger partial charge >= 0.3 is 0 Å². The van der Waals surface area contributed by atoms with Gasteiger partial charge in [-0.05, 0) is 18.6 Å². The molecule has 0 aliphatic heterocycles. The highest BCUT2D eigenvalue weighted by Gasteiger charge is 2.08. The van der Waals surface area contributed by atoms with Crippen LogP contribution in [0, 0.1) is 0 Å². The van der Waals surface area contributed by atoms with E-state index in [-0.39, 0.29) is 6.04 Å². The molecule has 0 heterocycles. The Morgan fingerprint density at radius 3 is 2.50 bits per heavy atom. The molecule has 0 radical (unpaired) electrons. The number of hydrogen-bond acceptors (Lipinski definition) is 2. The van der Waals surface area contributed by atoms with Gasteiger partial charge in [-0.25, -0.2) is 0 Å². The maximum absolute atomic E-state index is 5.38. The average Bonchev–Trinajstić information content (AvgIpc) is 2.52. The molecule has 0 saturated heterocycles. The van der Waals surface area contributed by atoms with Crippen LogP contribution >= 0.6 is 0 Å². The third kappa shape index (κ3) is 3.97. The molecule has 2 aromatic carbocycles. The van der Waals surface area contributed by atoms with Crippen LogP contribution in [0.15, 0.2) is 60.7 Å². The molecule has 0 amide bonds. The van der Waals surface area contributed by atoms with Crippen LogP contribution in [0.25, 0.3) is 6.08 Å². The molecule has 2 aromatic rings. The van der Waals surface area contributed by atoms with Crippen molar-refractivity contribution in [2.75, 3.05) is 13.7 Å². The van der Waals surface area contributed by atoms with Gasteiger partial charge in [0.1, 0.15) is 5.75 Å². The second-order valence-corrected chi connectivity index (χ2v) is 4.68. The van der Waals surface area contributed by atoms with Crippen LogP contribution in [0.2, 0.25) is 0 Å². The molecule has 0 aromatic heterocycles. The fraction of sp³-hybridized carbons (Fsp3) is 0.222. The number of rotatable bonds is 6. The molecule has 2 heteroatoms. The zero-order valence-electron chi connectivity index (χ0n) is 12.0. The van der Waals surface area contributed by atoms with E-state index in [0.717, 1.165) is 12.3 Å². The Kier molecular flexibility index (Phi) is 5.39. The summed E-state index contributed by atoms with van der Waals surface area (Å²) >= 11 is 0. The lowest BCUT2D eigenvalue weighted by Crippen LogP contribution is -2.19. The Labute approximate surface area is 121 Å². The first kappa shape index (κ1) is 14.4. The van der Waals surface area contributed by atoms with Crippen molar-refractivity contribution in [2.45, 2.75) is 13.0 Å². The predicted octanol–water partition coefficient (Wildman–Crippen LogP) is 4.06. The standard InChI is InChI=1S/C18H21NO/c1-15(17-12-6-7-13-18(17)20-2)19-14-8-11-16-9-4-3-5-10-16/h3-13,15,19H,14H2,1-2H3/b11-8+/t15-/m1/s1. The molecule has 0 spiro atoms. The van der Waals surface area contributed by atoms with Crippen LogP contribution in [0.3, 0.4) is 0 Å². The molecule has 0 fully saturated rings. The van der Waals surface area contributed by atoms with E-state index in [1.54, 1.807) is 7.11 Å². The smallest absolute Gasteiger partial charge is 0.123 e. The molecule has 0 aliphatic carbocycles. The second-order valence-electron chi connectivity index (χ2n) is 4.68. The summed E-state index contributed by atoms with van der Waals surface area (Å²) in [4.78, 5) is 0. The lowest BCUT2D eigenvalue weighted by molar-refractivity contribution is 0.403. The number of nitrogens with one attached hydrogen (secondary N) is 1. The van der Waals surface area contributed by atoms with E-state index in [4.69, 9.17) is 4.74 Å². The Bertz CT molecular complexity index is 548. The van der Waals surface area contributed by atoms with Gasteiger partial charge in [-0.3, -0.25) is 0 Å². The molecular formula is C18H21NO. The topological polar surface area (TPSA) is 21.3 Å². The number of hydrogen-bond donors (Lipinski definition) is 1. The van der Waals surface area contributed by atoms with E-state index in [1.807, 2.05) is 36.4 Å². The summed E-state index contributed by atoms with van der Waals surface area (Å²) in [6.45, 7) is 2.97. The Balaban J connectivity index is 1.89. The normalized spacial score (nSPS) is 12.5. The van der Waals surface area contributed by atoms with Crippen LogP contribution in [0.4, 0.5) is 0 Å². The summed E-state index contributed by atoms with van der Waals surface area (Å²) in [7, 11) is 1.71. The van der Waals surface area contributed by atoms with Crippen molar-refractivity contribution in [3.63, 3.8) is 0 Å². The van der Waals surface area contributed by atoms with Gasteiger partial charge < -0.3 is 10.1 Å². The SMILES string of the molecule is COc1ccccc1[C@@H](C)NC/C=C/c1ccccc1. The first-order chi connectivity index (χ1) is 9.81. The summed E-state index contributed by atoms with van der Waals surface area (Å²) < 4.78 is 5.38. The van der Waals surface area contributed by atoms with E-state index >= 15 is 0 Å². The third-order valence-corrected chi connectivity index (χ3v) is 3.26. The molecule has 2 nitrogen and oxygen atoms in total.